The number of hydrogen-bond donors (Lipinski definition) is 10. The second kappa shape index (κ2) is 13.5. The molecule has 222 valence electrons. The van der Waals surface area contributed by atoms with Gasteiger partial charge in [-0.1, -0.05) is 0 Å². The predicted molar refractivity (Wildman–Crippen MR) is 118 cm³/mol. The van der Waals surface area contributed by atoms with Gasteiger partial charge in [0.05, 0.1) is 19.8 Å². The Morgan fingerprint density at radius 2 is 1.34 bits per heavy atom. The first-order chi connectivity index (χ1) is 17.9. The number of nitrogens with one attached hydrogen (secondary N) is 1. The zero-order valence-corrected chi connectivity index (χ0v) is 20.7. The zero-order chi connectivity index (χ0) is 28.3. The van der Waals surface area contributed by atoms with Gasteiger partial charge in [0.2, 0.25) is 5.91 Å². The molecule has 0 spiro atoms. The minimum Gasteiger partial charge on any atom is -0.394 e. The maximum Gasteiger partial charge on any atom is 0.217 e. The number of rotatable bonds is 9. The molecule has 0 aromatic heterocycles. The molecule has 38 heavy (non-hydrogen) atoms. The van der Waals surface area contributed by atoms with Gasteiger partial charge in [0, 0.05) is 14.0 Å². The molecule has 17 heteroatoms. The molecule has 0 aliphatic carbocycles. The second-order valence-corrected chi connectivity index (χ2v) is 9.32. The van der Waals surface area contributed by atoms with Crippen LogP contribution in [0.4, 0.5) is 0 Å². The number of aliphatic hydroxyl groups excluding tert-OH is 9. The van der Waals surface area contributed by atoms with E-state index in [1.165, 1.54) is 14.0 Å². The fraction of sp³-hybridized carbons (Fsp3) is 0.952. The summed E-state index contributed by atoms with van der Waals surface area (Å²) in [4.78, 5) is 11.8. The van der Waals surface area contributed by atoms with Crippen molar-refractivity contribution in [2.75, 3.05) is 26.9 Å². The van der Waals surface area contributed by atoms with E-state index in [9.17, 15) is 50.8 Å². The molecule has 0 aromatic rings. The van der Waals surface area contributed by atoms with Crippen LogP contribution >= 0.6 is 0 Å². The van der Waals surface area contributed by atoms with Crippen molar-refractivity contribution in [3.63, 3.8) is 0 Å². The number of methoxy groups -OCH3 is 1. The fourth-order valence-electron chi connectivity index (χ4n) is 4.61. The zero-order valence-electron chi connectivity index (χ0n) is 20.7. The quantitative estimate of drug-likeness (QED) is 0.126. The van der Waals surface area contributed by atoms with Crippen molar-refractivity contribution in [2.24, 2.45) is 0 Å². The minimum absolute atomic E-state index is 0.583. The van der Waals surface area contributed by atoms with Crippen LogP contribution in [0.2, 0.25) is 0 Å². The third-order valence-electron chi connectivity index (χ3n) is 6.72. The first kappa shape index (κ1) is 31.4. The number of aliphatic hydroxyl groups is 9. The van der Waals surface area contributed by atoms with E-state index in [1.807, 2.05) is 0 Å². The molecule has 1 amide bonds. The summed E-state index contributed by atoms with van der Waals surface area (Å²) in [5.74, 6) is -0.583. The summed E-state index contributed by atoms with van der Waals surface area (Å²) in [7, 11) is 1.26. The normalized spacial score (nSPS) is 48.0. The molecule has 3 saturated heterocycles. The van der Waals surface area contributed by atoms with Crippen LogP contribution in [0.25, 0.3) is 0 Å². The third kappa shape index (κ3) is 6.60. The molecule has 17 nitrogen and oxygen atoms in total. The van der Waals surface area contributed by atoms with Crippen LogP contribution < -0.4 is 5.32 Å². The van der Waals surface area contributed by atoms with Crippen LogP contribution in [0.1, 0.15) is 6.92 Å². The van der Waals surface area contributed by atoms with Crippen molar-refractivity contribution in [1.82, 2.24) is 5.32 Å². The van der Waals surface area contributed by atoms with E-state index in [0.29, 0.717) is 0 Å². The van der Waals surface area contributed by atoms with Crippen molar-refractivity contribution in [3.8, 4) is 0 Å². The number of amides is 1. The van der Waals surface area contributed by atoms with Gasteiger partial charge in [-0.2, -0.15) is 0 Å². The summed E-state index contributed by atoms with van der Waals surface area (Å²) in [6.45, 7) is -0.790. The molecule has 3 fully saturated rings. The Kier molecular flexibility index (Phi) is 11.1. The molecular formula is C21H37NO16. The van der Waals surface area contributed by atoms with Crippen LogP contribution in [0.3, 0.4) is 0 Å². The van der Waals surface area contributed by atoms with Gasteiger partial charge in [0.25, 0.3) is 0 Å². The lowest BCUT2D eigenvalue weighted by atomic mass is 9.95. The molecule has 3 aliphatic rings. The van der Waals surface area contributed by atoms with Crippen molar-refractivity contribution >= 4 is 5.91 Å². The molecule has 0 bridgehead atoms. The maximum atomic E-state index is 11.8. The van der Waals surface area contributed by atoms with Crippen molar-refractivity contribution in [1.29, 1.82) is 0 Å². The van der Waals surface area contributed by atoms with Crippen LogP contribution in [-0.2, 0) is 33.2 Å². The topological polar surface area (TPSA) is 267 Å². The van der Waals surface area contributed by atoms with E-state index in [2.05, 4.69) is 5.32 Å². The average molecular weight is 560 g/mol. The molecule has 10 N–H and O–H groups in total. The highest BCUT2D eigenvalue weighted by Gasteiger charge is 2.52. The van der Waals surface area contributed by atoms with Gasteiger partial charge in [0.15, 0.2) is 18.9 Å². The van der Waals surface area contributed by atoms with E-state index in [4.69, 9.17) is 28.4 Å². The summed E-state index contributed by atoms with van der Waals surface area (Å²) in [5.41, 5.74) is 0. The molecule has 3 aliphatic heterocycles. The van der Waals surface area contributed by atoms with Gasteiger partial charge in [-0.15, -0.1) is 0 Å². The first-order valence-electron chi connectivity index (χ1n) is 12.0. The van der Waals surface area contributed by atoms with Crippen LogP contribution in [0, 0.1) is 0 Å². The lowest BCUT2D eigenvalue weighted by molar-refractivity contribution is -0.363. The maximum absolute atomic E-state index is 11.8. The summed E-state index contributed by atoms with van der Waals surface area (Å²) in [6.07, 6.45) is -21.7. The van der Waals surface area contributed by atoms with Gasteiger partial charge < -0.3 is 79.7 Å². The number of carbonyl (C=O) groups is 1. The SMILES string of the molecule is CO[C@H]1[C@H](O)[C@@H](NC(C)=O)[C@H](O[C@@H]2[C@@H](OC[C@H]3O[C@@H](O)[C@H](O)[C@@H](O)[C@@H]3O)O[C@H](CO)[C@@H](O)[C@@H]2O)O[C@@H]1CO. The molecule has 15 atom stereocenters. The van der Waals surface area contributed by atoms with Gasteiger partial charge in [-0.05, 0) is 0 Å². The molecule has 0 unspecified atom stereocenters. The first-order valence-corrected chi connectivity index (χ1v) is 12.0. The monoisotopic (exact) mass is 559 g/mol. The molecule has 0 saturated carbocycles. The lowest BCUT2D eigenvalue weighted by Gasteiger charge is -2.48. The summed E-state index contributed by atoms with van der Waals surface area (Å²) in [6, 6.07) is -1.28. The Labute approximate surface area is 217 Å². The minimum atomic E-state index is -1.85. The van der Waals surface area contributed by atoms with E-state index < -0.39 is 118 Å². The van der Waals surface area contributed by atoms with Gasteiger partial charge >= 0.3 is 0 Å². The summed E-state index contributed by atoms with van der Waals surface area (Å²) in [5, 5.41) is 93.2. The molecular weight excluding hydrogens is 522 g/mol. The summed E-state index contributed by atoms with van der Waals surface area (Å²) < 4.78 is 32.8. The summed E-state index contributed by atoms with van der Waals surface area (Å²) >= 11 is 0. The highest BCUT2D eigenvalue weighted by atomic mass is 16.8. The number of carbonyl (C=O) groups excluding carboxylic acids is 1. The molecule has 3 heterocycles. The molecule has 3 rings (SSSR count). The standard InChI is InChI=1S/C21H37NO16/c1-6(25)22-10-13(28)17(33-2)8(4-24)37-20(10)38-18-15(30)11(26)7(3-23)36-21(18)34-5-9-12(27)14(29)16(31)19(32)35-9/h7-21,23-24,26-32H,3-5H2,1-2H3,(H,22,25)/t7-,8-,9-,10-,11-,12-,13-,14+,15+,16-,17-,18+,19-,20+,21+/m1/s1. The lowest BCUT2D eigenvalue weighted by Crippen LogP contribution is -2.68. The van der Waals surface area contributed by atoms with Gasteiger partial charge in [-0.3, -0.25) is 4.79 Å². The van der Waals surface area contributed by atoms with Crippen LogP contribution in [0.15, 0.2) is 0 Å². The Morgan fingerprint density at radius 3 is 1.92 bits per heavy atom. The van der Waals surface area contributed by atoms with E-state index in [0.717, 1.165) is 0 Å². The van der Waals surface area contributed by atoms with Gasteiger partial charge in [-0.25, -0.2) is 0 Å². The van der Waals surface area contributed by atoms with Crippen molar-refractivity contribution < 1.29 is 79.2 Å². The van der Waals surface area contributed by atoms with Crippen LogP contribution in [0.5, 0.6) is 0 Å². The van der Waals surface area contributed by atoms with Gasteiger partial charge in [0.1, 0.15) is 73.2 Å². The predicted octanol–water partition coefficient (Wildman–Crippen LogP) is -6.78. The third-order valence-corrected chi connectivity index (χ3v) is 6.72. The highest BCUT2D eigenvalue weighted by molar-refractivity contribution is 5.73. The van der Waals surface area contributed by atoms with Crippen LogP contribution in [-0.4, -0.2) is 171 Å². The van der Waals surface area contributed by atoms with E-state index in [-0.39, 0.29) is 0 Å². The molecule has 0 radical (unpaired) electrons. The largest absolute Gasteiger partial charge is 0.394 e. The van der Waals surface area contributed by atoms with Crippen molar-refractivity contribution in [2.45, 2.75) is 99.0 Å². The Balaban J connectivity index is 1.81. The number of ether oxygens (including phenoxy) is 6. The average Bonchev–Trinajstić information content (AvgIpc) is 2.89. The van der Waals surface area contributed by atoms with E-state index >= 15 is 0 Å². The molecule has 0 aromatic carbocycles. The Bertz CT molecular complexity index is 763. The highest BCUT2D eigenvalue weighted by Crippen LogP contribution is 2.31. The van der Waals surface area contributed by atoms with E-state index in [1.54, 1.807) is 0 Å². The smallest absolute Gasteiger partial charge is 0.217 e. The number of hydrogen-bond acceptors (Lipinski definition) is 16. The fourth-order valence-corrected chi connectivity index (χ4v) is 4.61. The van der Waals surface area contributed by atoms with Crippen molar-refractivity contribution in [3.05, 3.63) is 0 Å². The Morgan fingerprint density at radius 1 is 0.737 bits per heavy atom. The second-order valence-electron chi connectivity index (χ2n) is 9.32. The Hall–Kier alpha value is -1.13.